The molecular weight excluding hydrogens is 340 g/mol. The van der Waals surface area contributed by atoms with E-state index >= 15 is 0 Å². The molecule has 0 radical (unpaired) electrons. The third-order valence-corrected chi connectivity index (χ3v) is 4.27. The van der Waals surface area contributed by atoms with E-state index in [1.54, 1.807) is 18.3 Å². The van der Waals surface area contributed by atoms with Crippen molar-refractivity contribution in [1.29, 1.82) is 0 Å². The Hall–Kier alpha value is -3.93. The topological polar surface area (TPSA) is 83.3 Å². The number of non-ortho nitro benzene ring substituents is 1. The second-order valence-electron chi connectivity index (χ2n) is 6.00. The minimum Gasteiger partial charge on any atom is -0.354 e. The Morgan fingerprint density at radius 1 is 0.926 bits per heavy atom. The summed E-state index contributed by atoms with van der Waals surface area (Å²) in [5.74, 6) is 0. The monoisotopic (exact) mass is 356 g/mol. The Bertz CT molecular complexity index is 1120. The molecule has 3 aromatic carbocycles. The van der Waals surface area contributed by atoms with Gasteiger partial charge in [-0.2, -0.15) is 5.10 Å². The summed E-state index contributed by atoms with van der Waals surface area (Å²) in [7, 11) is 0. The van der Waals surface area contributed by atoms with Crippen molar-refractivity contribution in [3.8, 4) is 11.3 Å². The lowest BCUT2D eigenvalue weighted by Crippen LogP contribution is -1.93. The molecule has 6 nitrogen and oxygen atoms in total. The van der Waals surface area contributed by atoms with Crippen molar-refractivity contribution in [2.75, 3.05) is 5.43 Å². The number of nitro benzene ring substituents is 1. The van der Waals surface area contributed by atoms with Crippen LogP contribution in [0.3, 0.4) is 0 Å². The zero-order valence-corrected chi connectivity index (χ0v) is 14.3. The number of H-pyrrole nitrogens is 1. The van der Waals surface area contributed by atoms with E-state index in [0.717, 1.165) is 27.7 Å². The number of nitrogens with zero attached hydrogens (tertiary/aromatic N) is 2. The molecule has 0 atom stereocenters. The summed E-state index contributed by atoms with van der Waals surface area (Å²) in [6, 6.07) is 24.3. The molecule has 0 aliphatic heterocycles. The standard InChI is InChI=1S/C21H16N4O2/c26-25(27)17-12-10-16(11-13-17)24-22-14-19-18-8-4-5-9-20(18)23-21(19)15-6-2-1-3-7-15/h1-14,23-24H. The molecule has 0 fully saturated rings. The average Bonchev–Trinajstić information content (AvgIpc) is 3.08. The van der Waals surface area contributed by atoms with Crippen LogP contribution in [0.25, 0.3) is 22.2 Å². The highest BCUT2D eigenvalue weighted by Gasteiger charge is 2.11. The van der Waals surface area contributed by atoms with Gasteiger partial charge in [0.2, 0.25) is 0 Å². The number of nitro groups is 1. The molecule has 6 heteroatoms. The first-order valence-corrected chi connectivity index (χ1v) is 8.42. The summed E-state index contributed by atoms with van der Waals surface area (Å²) < 4.78 is 0. The number of hydrazone groups is 1. The smallest absolute Gasteiger partial charge is 0.269 e. The number of nitrogens with one attached hydrogen (secondary N) is 2. The van der Waals surface area contributed by atoms with Crippen LogP contribution in [-0.4, -0.2) is 16.1 Å². The molecule has 0 amide bonds. The third-order valence-electron chi connectivity index (χ3n) is 4.27. The maximum Gasteiger partial charge on any atom is 0.269 e. The number of fused-ring (bicyclic) bond motifs is 1. The van der Waals surface area contributed by atoms with Crippen molar-refractivity contribution in [1.82, 2.24) is 4.98 Å². The maximum atomic E-state index is 10.7. The summed E-state index contributed by atoms with van der Waals surface area (Å²) in [6.07, 6.45) is 1.77. The van der Waals surface area contributed by atoms with Gasteiger partial charge < -0.3 is 4.98 Å². The predicted octanol–water partition coefficient (Wildman–Crippen LogP) is 5.19. The van der Waals surface area contributed by atoms with Crippen LogP contribution in [-0.2, 0) is 0 Å². The van der Waals surface area contributed by atoms with Crippen LogP contribution in [0.1, 0.15) is 5.56 Å². The Balaban J connectivity index is 1.66. The molecule has 4 aromatic rings. The highest BCUT2D eigenvalue weighted by Crippen LogP contribution is 2.29. The summed E-state index contributed by atoms with van der Waals surface area (Å²) in [5, 5.41) is 16.1. The lowest BCUT2D eigenvalue weighted by molar-refractivity contribution is -0.384. The van der Waals surface area contributed by atoms with Gasteiger partial charge in [0.25, 0.3) is 5.69 Å². The van der Waals surface area contributed by atoms with Gasteiger partial charge in [0.05, 0.1) is 22.5 Å². The Morgan fingerprint density at radius 2 is 1.63 bits per heavy atom. The number of para-hydroxylation sites is 1. The highest BCUT2D eigenvalue weighted by molar-refractivity contribution is 6.06. The van der Waals surface area contributed by atoms with E-state index in [-0.39, 0.29) is 5.69 Å². The van der Waals surface area contributed by atoms with E-state index in [1.807, 2.05) is 54.6 Å². The molecule has 0 aliphatic rings. The van der Waals surface area contributed by atoms with Crippen LogP contribution in [0.15, 0.2) is 84.0 Å². The number of aromatic amines is 1. The van der Waals surface area contributed by atoms with Gasteiger partial charge in [-0.3, -0.25) is 15.5 Å². The SMILES string of the molecule is O=[N+]([O-])c1ccc(NN=Cc2c(-c3ccccc3)[nH]c3ccccc23)cc1. The summed E-state index contributed by atoms with van der Waals surface area (Å²) in [6.45, 7) is 0. The number of aromatic nitrogens is 1. The van der Waals surface area contributed by atoms with Crippen molar-refractivity contribution < 1.29 is 4.92 Å². The molecule has 2 N–H and O–H groups in total. The molecule has 0 saturated carbocycles. The quantitative estimate of drug-likeness (QED) is 0.293. The zero-order valence-electron chi connectivity index (χ0n) is 14.3. The molecule has 0 unspecified atom stereocenters. The molecule has 1 aromatic heterocycles. The normalized spacial score (nSPS) is 11.1. The van der Waals surface area contributed by atoms with Gasteiger partial charge in [-0.25, -0.2) is 0 Å². The number of hydrogen-bond donors (Lipinski definition) is 2. The number of rotatable bonds is 5. The average molecular weight is 356 g/mol. The number of anilines is 1. The van der Waals surface area contributed by atoms with Crippen molar-refractivity contribution in [3.63, 3.8) is 0 Å². The summed E-state index contributed by atoms with van der Waals surface area (Å²) >= 11 is 0. The second kappa shape index (κ2) is 7.13. The lowest BCUT2D eigenvalue weighted by Gasteiger charge is -2.02. The minimum atomic E-state index is -0.425. The number of hydrogen-bond acceptors (Lipinski definition) is 4. The molecule has 27 heavy (non-hydrogen) atoms. The van der Waals surface area contributed by atoms with Crippen molar-refractivity contribution in [2.24, 2.45) is 5.10 Å². The minimum absolute atomic E-state index is 0.0486. The van der Waals surface area contributed by atoms with Gasteiger partial charge in [0.1, 0.15) is 0 Å². The first kappa shape index (κ1) is 16.5. The van der Waals surface area contributed by atoms with Gasteiger partial charge in [-0.15, -0.1) is 0 Å². The van der Waals surface area contributed by atoms with E-state index in [4.69, 9.17) is 0 Å². The molecule has 4 rings (SSSR count). The molecule has 0 bridgehead atoms. The van der Waals surface area contributed by atoms with E-state index in [1.165, 1.54) is 12.1 Å². The zero-order chi connectivity index (χ0) is 18.6. The fourth-order valence-corrected chi connectivity index (χ4v) is 2.96. The van der Waals surface area contributed by atoms with Crippen molar-refractivity contribution in [3.05, 3.63) is 94.5 Å². The van der Waals surface area contributed by atoms with Crippen LogP contribution < -0.4 is 5.43 Å². The molecule has 132 valence electrons. The lowest BCUT2D eigenvalue weighted by atomic mass is 10.1. The van der Waals surface area contributed by atoms with Gasteiger partial charge >= 0.3 is 0 Å². The van der Waals surface area contributed by atoms with Gasteiger partial charge in [-0.05, 0) is 23.8 Å². The van der Waals surface area contributed by atoms with E-state index < -0.39 is 4.92 Å². The fraction of sp³-hybridized carbons (Fsp3) is 0. The van der Waals surface area contributed by atoms with Crippen molar-refractivity contribution >= 4 is 28.5 Å². The molecule has 1 heterocycles. The predicted molar refractivity (Wildman–Crippen MR) is 108 cm³/mol. The molecular formula is C21H16N4O2. The molecule has 0 spiro atoms. The first-order valence-electron chi connectivity index (χ1n) is 8.42. The Labute approximate surface area is 155 Å². The fourth-order valence-electron chi connectivity index (χ4n) is 2.96. The van der Waals surface area contributed by atoms with E-state index in [2.05, 4.69) is 15.5 Å². The Kier molecular flexibility index (Phi) is 4.37. The van der Waals surface area contributed by atoms with E-state index in [0.29, 0.717) is 5.69 Å². The largest absolute Gasteiger partial charge is 0.354 e. The van der Waals surface area contributed by atoms with Crippen molar-refractivity contribution in [2.45, 2.75) is 0 Å². The van der Waals surface area contributed by atoms with Crippen LogP contribution in [0.5, 0.6) is 0 Å². The van der Waals surface area contributed by atoms with Crippen LogP contribution in [0.4, 0.5) is 11.4 Å². The first-order chi connectivity index (χ1) is 13.2. The van der Waals surface area contributed by atoms with Gasteiger partial charge in [-0.1, -0.05) is 48.5 Å². The number of benzene rings is 3. The van der Waals surface area contributed by atoms with Crippen LogP contribution in [0, 0.1) is 10.1 Å². The molecule has 0 aliphatic carbocycles. The van der Waals surface area contributed by atoms with Gasteiger partial charge in [0, 0.05) is 28.6 Å². The van der Waals surface area contributed by atoms with E-state index in [9.17, 15) is 10.1 Å². The summed E-state index contributed by atoms with van der Waals surface area (Å²) in [4.78, 5) is 13.8. The highest BCUT2D eigenvalue weighted by atomic mass is 16.6. The van der Waals surface area contributed by atoms with Gasteiger partial charge in [0.15, 0.2) is 0 Å². The van der Waals surface area contributed by atoms with Crippen LogP contribution >= 0.6 is 0 Å². The third kappa shape index (κ3) is 3.41. The van der Waals surface area contributed by atoms with Crippen LogP contribution in [0.2, 0.25) is 0 Å². The second-order valence-corrected chi connectivity index (χ2v) is 6.00. The molecule has 0 saturated heterocycles. The Morgan fingerprint density at radius 3 is 2.37 bits per heavy atom. The maximum absolute atomic E-state index is 10.7. The summed E-state index contributed by atoms with van der Waals surface area (Å²) in [5.41, 5.74) is 7.73.